The smallest absolute Gasteiger partial charge is 0.504 e. The van der Waals surface area contributed by atoms with Gasteiger partial charge in [0.15, 0.2) is 5.06 Å². The summed E-state index contributed by atoms with van der Waals surface area (Å²) in [5, 5.41) is 17.5. The SMILES string of the molecule is CS(=O)(=O)CC(N)Cc1ccc(OB(O)O)s1. The molecule has 17 heavy (non-hydrogen) atoms. The molecule has 1 aromatic heterocycles. The number of rotatable bonds is 6. The van der Waals surface area contributed by atoms with E-state index < -0.39 is 23.2 Å². The Morgan fingerprint density at radius 1 is 1.53 bits per heavy atom. The van der Waals surface area contributed by atoms with Gasteiger partial charge in [0.2, 0.25) is 0 Å². The van der Waals surface area contributed by atoms with Crippen molar-refractivity contribution in [3.8, 4) is 5.06 Å². The zero-order valence-corrected chi connectivity index (χ0v) is 10.9. The second kappa shape index (κ2) is 5.83. The van der Waals surface area contributed by atoms with Gasteiger partial charge in [-0.3, -0.25) is 0 Å². The second-order valence-corrected chi connectivity index (χ2v) is 7.04. The van der Waals surface area contributed by atoms with Crippen LogP contribution in [-0.2, 0) is 16.3 Å². The second-order valence-electron chi connectivity index (χ2n) is 3.72. The monoisotopic (exact) mass is 279 g/mol. The minimum absolute atomic E-state index is 0.0796. The molecule has 96 valence electrons. The van der Waals surface area contributed by atoms with Gasteiger partial charge in [-0.05, 0) is 18.6 Å². The molecule has 0 saturated heterocycles. The van der Waals surface area contributed by atoms with Crippen molar-refractivity contribution in [1.29, 1.82) is 0 Å². The Bertz CT molecular complexity index is 458. The van der Waals surface area contributed by atoms with Crippen LogP contribution in [0.2, 0.25) is 0 Å². The number of thiophene rings is 1. The number of hydrogen-bond donors (Lipinski definition) is 3. The predicted octanol–water partition coefficient (Wildman–Crippen LogP) is -0.989. The lowest BCUT2D eigenvalue weighted by Crippen LogP contribution is -2.30. The van der Waals surface area contributed by atoms with E-state index in [9.17, 15) is 8.42 Å². The highest BCUT2D eigenvalue weighted by Crippen LogP contribution is 2.25. The van der Waals surface area contributed by atoms with Gasteiger partial charge in [0.05, 0.1) is 5.75 Å². The molecule has 0 aromatic carbocycles. The summed E-state index contributed by atoms with van der Waals surface area (Å²) in [6, 6.07) is 2.81. The van der Waals surface area contributed by atoms with Crippen molar-refractivity contribution in [3.63, 3.8) is 0 Å². The summed E-state index contributed by atoms with van der Waals surface area (Å²) in [7, 11) is -4.94. The highest BCUT2D eigenvalue weighted by Gasteiger charge is 2.15. The maximum atomic E-state index is 11.0. The molecule has 1 unspecified atom stereocenters. The van der Waals surface area contributed by atoms with Crippen LogP contribution in [0.4, 0.5) is 0 Å². The predicted molar refractivity (Wildman–Crippen MR) is 66.5 cm³/mol. The van der Waals surface area contributed by atoms with Crippen LogP contribution in [0.5, 0.6) is 5.06 Å². The molecule has 0 aliphatic carbocycles. The fraction of sp³-hybridized carbons (Fsp3) is 0.500. The average molecular weight is 279 g/mol. The molecule has 6 nitrogen and oxygen atoms in total. The van der Waals surface area contributed by atoms with Gasteiger partial charge in [-0.15, -0.1) is 11.3 Å². The topological polar surface area (TPSA) is 110 Å². The van der Waals surface area contributed by atoms with Crippen LogP contribution in [0.15, 0.2) is 12.1 Å². The molecule has 1 heterocycles. The summed E-state index contributed by atoms with van der Waals surface area (Å²) >= 11 is 1.20. The first-order valence-corrected chi connectivity index (χ1v) is 7.69. The van der Waals surface area contributed by atoms with Gasteiger partial charge in [0, 0.05) is 17.2 Å². The summed E-state index contributed by atoms with van der Waals surface area (Å²) in [4.78, 5) is 0.830. The van der Waals surface area contributed by atoms with Crippen LogP contribution < -0.4 is 10.4 Å². The third-order valence-electron chi connectivity index (χ3n) is 1.84. The number of sulfone groups is 1. The van der Waals surface area contributed by atoms with Gasteiger partial charge in [-0.1, -0.05) is 0 Å². The summed E-state index contributed by atoms with van der Waals surface area (Å²) in [6.07, 6.45) is 1.54. The highest BCUT2D eigenvalue weighted by molar-refractivity contribution is 7.90. The van der Waals surface area contributed by atoms with Crippen molar-refractivity contribution in [1.82, 2.24) is 0 Å². The number of hydrogen-bond acceptors (Lipinski definition) is 7. The van der Waals surface area contributed by atoms with Crippen LogP contribution in [0, 0.1) is 0 Å². The van der Waals surface area contributed by atoms with E-state index in [1.807, 2.05) is 0 Å². The lowest BCUT2D eigenvalue weighted by molar-refractivity contribution is 0.291. The Balaban J connectivity index is 2.54. The zero-order valence-electron chi connectivity index (χ0n) is 9.24. The van der Waals surface area contributed by atoms with Crippen molar-refractivity contribution in [2.24, 2.45) is 5.73 Å². The Morgan fingerprint density at radius 3 is 2.71 bits per heavy atom. The minimum Gasteiger partial charge on any atom is -0.504 e. The van der Waals surface area contributed by atoms with Crippen molar-refractivity contribution in [2.75, 3.05) is 12.0 Å². The Labute approximate surface area is 104 Å². The van der Waals surface area contributed by atoms with E-state index in [4.69, 9.17) is 15.8 Å². The Kier molecular flexibility index (Phi) is 4.96. The molecule has 0 aliphatic rings. The highest BCUT2D eigenvalue weighted by atomic mass is 32.2. The fourth-order valence-corrected chi connectivity index (χ4v) is 3.20. The molecule has 4 N–H and O–H groups in total. The van der Waals surface area contributed by atoms with Crippen molar-refractivity contribution in [3.05, 3.63) is 17.0 Å². The molecule has 0 saturated carbocycles. The standard InChI is InChI=1S/C8H14BNO5S2/c1-17(13,14)5-6(10)4-7-2-3-8(16-7)15-9(11)12/h2-3,6,11-12H,4-5,10H2,1H3. The summed E-state index contributed by atoms with van der Waals surface area (Å²) in [6.45, 7) is 0. The van der Waals surface area contributed by atoms with Crippen LogP contribution in [0.1, 0.15) is 4.88 Å². The van der Waals surface area contributed by atoms with Gasteiger partial charge < -0.3 is 20.4 Å². The third-order valence-corrected chi connectivity index (χ3v) is 3.87. The van der Waals surface area contributed by atoms with Crippen molar-refractivity contribution < 1.29 is 23.1 Å². The van der Waals surface area contributed by atoms with Crippen molar-refractivity contribution in [2.45, 2.75) is 12.5 Å². The largest absolute Gasteiger partial charge is 0.708 e. The zero-order chi connectivity index (χ0) is 13.1. The van der Waals surface area contributed by atoms with Crippen LogP contribution in [0.3, 0.4) is 0 Å². The van der Waals surface area contributed by atoms with E-state index in [-0.39, 0.29) is 5.75 Å². The molecule has 0 aliphatic heterocycles. The average Bonchev–Trinajstić information content (AvgIpc) is 2.46. The molecule has 1 rings (SSSR count). The maximum Gasteiger partial charge on any atom is 0.708 e. The molecule has 0 bridgehead atoms. The van der Waals surface area contributed by atoms with Gasteiger partial charge in [0.1, 0.15) is 9.84 Å². The van der Waals surface area contributed by atoms with E-state index in [1.54, 1.807) is 12.1 Å². The summed E-state index contributed by atoms with van der Waals surface area (Å²) < 4.78 is 26.7. The normalized spacial score (nSPS) is 13.4. The van der Waals surface area contributed by atoms with Crippen LogP contribution in [-0.4, -0.2) is 43.8 Å². The maximum absolute atomic E-state index is 11.0. The quantitative estimate of drug-likeness (QED) is 0.577. The molecule has 1 aromatic rings. The van der Waals surface area contributed by atoms with E-state index in [0.717, 1.165) is 11.1 Å². The Hall–Kier alpha value is -0.605. The number of nitrogens with two attached hydrogens (primary N) is 1. The van der Waals surface area contributed by atoms with E-state index in [1.165, 1.54) is 11.3 Å². The molecule has 0 fully saturated rings. The third kappa shape index (κ3) is 6.03. The molecule has 0 radical (unpaired) electrons. The van der Waals surface area contributed by atoms with Gasteiger partial charge in [-0.25, -0.2) is 8.42 Å². The van der Waals surface area contributed by atoms with Crippen LogP contribution >= 0.6 is 11.3 Å². The lowest BCUT2D eigenvalue weighted by atomic mass is 10.2. The van der Waals surface area contributed by atoms with Gasteiger partial charge >= 0.3 is 7.32 Å². The first kappa shape index (κ1) is 14.5. The molecule has 0 spiro atoms. The molecular formula is C8H14BNO5S2. The first-order chi connectivity index (χ1) is 7.76. The molecule has 9 heteroatoms. The van der Waals surface area contributed by atoms with Crippen molar-refractivity contribution >= 4 is 28.5 Å². The molecule has 0 amide bonds. The van der Waals surface area contributed by atoms with Gasteiger partial charge in [-0.2, -0.15) is 0 Å². The first-order valence-electron chi connectivity index (χ1n) is 4.81. The molecular weight excluding hydrogens is 265 g/mol. The minimum atomic E-state index is -3.09. The van der Waals surface area contributed by atoms with E-state index >= 15 is 0 Å². The fourth-order valence-electron chi connectivity index (χ4n) is 1.34. The molecule has 1 atom stereocenters. The van der Waals surface area contributed by atoms with Gasteiger partial charge in [0.25, 0.3) is 0 Å². The lowest BCUT2D eigenvalue weighted by Gasteiger charge is -2.08. The van der Waals surface area contributed by atoms with E-state index in [0.29, 0.717) is 11.5 Å². The van der Waals surface area contributed by atoms with E-state index in [2.05, 4.69) is 4.65 Å². The Morgan fingerprint density at radius 2 is 2.18 bits per heavy atom. The van der Waals surface area contributed by atoms with Crippen LogP contribution in [0.25, 0.3) is 0 Å². The summed E-state index contributed by atoms with van der Waals surface area (Å²) in [5.41, 5.74) is 5.69. The summed E-state index contributed by atoms with van der Waals surface area (Å²) in [5.74, 6) is -0.0796.